The molecule has 4 rings (SSSR count). The Hall–Kier alpha value is -2.34. The molecule has 128 valence electrons. The second kappa shape index (κ2) is 6.88. The molecular formula is C19H19N3O2S. The molecule has 5 nitrogen and oxygen atoms in total. The lowest BCUT2D eigenvalue weighted by Gasteiger charge is -2.09. The summed E-state index contributed by atoms with van der Waals surface area (Å²) in [4.78, 5) is 27.3. The highest BCUT2D eigenvalue weighted by atomic mass is 32.1. The highest BCUT2D eigenvalue weighted by Gasteiger charge is 2.20. The molecule has 1 aliphatic carbocycles. The zero-order valence-corrected chi connectivity index (χ0v) is 14.7. The first-order valence-corrected chi connectivity index (χ1v) is 9.52. The van der Waals surface area contributed by atoms with Crippen LogP contribution in [0.1, 0.15) is 46.5 Å². The van der Waals surface area contributed by atoms with E-state index in [1.54, 1.807) is 23.5 Å². The molecule has 0 spiro atoms. The van der Waals surface area contributed by atoms with E-state index in [9.17, 15) is 9.59 Å². The van der Waals surface area contributed by atoms with Crippen LogP contribution in [0.5, 0.6) is 0 Å². The molecule has 0 radical (unpaired) electrons. The van der Waals surface area contributed by atoms with Crippen LogP contribution in [-0.4, -0.2) is 20.8 Å². The topological polar surface area (TPSA) is 64.8 Å². The van der Waals surface area contributed by atoms with E-state index in [0.29, 0.717) is 15.8 Å². The van der Waals surface area contributed by atoms with Crippen LogP contribution in [0.3, 0.4) is 0 Å². The minimum atomic E-state index is -0.188. The van der Waals surface area contributed by atoms with Crippen molar-refractivity contribution in [2.24, 2.45) is 0 Å². The number of carbonyl (C=O) groups excluding carboxylic acids is 1. The molecule has 1 aromatic carbocycles. The fourth-order valence-electron chi connectivity index (χ4n) is 3.42. The van der Waals surface area contributed by atoms with Gasteiger partial charge in [0.25, 0.3) is 5.56 Å². The van der Waals surface area contributed by atoms with Crippen LogP contribution in [0.2, 0.25) is 0 Å². The van der Waals surface area contributed by atoms with Gasteiger partial charge in [0.15, 0.2) is 10.6 Å². The van der Waals surface area contributed by atoms with Gasteiger partial charge >= 0.3 is 0 Å². The van der Waals surface area contributed by atoms with Gasteiger partial charge in [-0.25, -0.2) is 4.68 Å². The van der Waals surface area contributed by atoms with Crippen LogP contribution in [0.25, 0.3) is 10.2 Å². The summed E-state index contributed by atoms with van der Waals surface area (Å²) in [6, 6.07) is 8.98. The first-order chi connectivity index (χ1) is 12.2. The molecule has 25 heavy (non-hydrogen) atoms. The van der Waals surface area contributed by atoms with E-state index < -0.39 is 0 Å². The average molecular weight is 353 g/mol. The number of hydrogen-bond donors (Lipinski definition) is 0. The van der Waals surface area contributed by atoms with E-state index in [1.165, 1.54) is 22.4 Å². The molecule has 0 unspecified atom stereocenters. The highest BCUT2D eigenvalue weighted by molar-refractivity contribution is 7.18. The Morgan fingerprint density at radius 3 is 2.64 bits per heavy atom. The summed E-state index contributed by atoms with van der Waals surface area (Å²) in [5, 5.41) is 8.92. The smallest absolute Gasteiger partial charge is 0.279 e. The average Bonchev–Trinajstić information content (AvgIpc) is 2.95. The number of hydrogen-bond acceptors (Lipinski definition) is 5. The van der Waals surface area contributed by atoms with Gasteiger partial charge < -0.3 is 0 Å². The summed E-state index contributed by atoms with van der Waals surface area (Å²) in [5.74, 6) is -0.130. The lowest BCUT2D eigenvalue weighted by Crippen LogP contribution is -2.28. The summed E-state index contributed by atoms with van der Waals surface area (Å²) in [7, 11) is 0. The van der Waals surface area contributed by atoms with Crippen molar-refractivity contribution >= 4 is 27.3 Å². The van der Waals surface area contributed by atoms with Crippen molar-refractivity contribution < 1.29 is 4.79 Å². The van der Waals surface area contributed by atoms with Gasteiger partial charge in [0.05, 0.1) is 5.39 Å². The second-order valence-electron chi connectivity index (χ2n) is 6.44. The van der Waals surface area contributed by atoms with Gasteiger partial charge in [0, 0.05) is 10.4 Å². The zero-order valence-electron chi connectivity index (χ0n) is 13.9. The summed E-state index contributed by atoms with van der Waals surface area (Å²) in [5.41, 5.74) is 1.53. The lowest BCUT2D eigenvalue weighted by atomic mass is 9.98. The van der Waals surface area contributed by atoms with Gasteiger partial charge in [-0.2, -0.15) is 0 Å². The molecule has 3 aromatic rings. The van der Waals surface area contributed by atoms with Crippen LogP contribution >= 0.6 is 11.3 Å². The Balaban J connectivity index is 1.73. The minimum absolute atomic E-state index is 0.0730. The van der Waals surface area contributed by atoms with Crippen molar-refractivity contribution in [1.82, 2.24) is 15.0 Å². The minimum Gasteiger partial charge on any atom is -0.292 e. The fourth-order valence-corrected chi connectivity index (χ4v) is 4.61. The van der Waals surface area contributed by atoms with Crippen LogP contribution in [-0.2, 0) is 19.4 Å². The number of thiophene rings is 1. The highest BCUT2D eigenvalue weighted by Crippen LogP contribution is 2.31. The third-order valence-electron chi connectivity index (χ3n) is 4.73. The van der Waals surface area contributed by atoms with Gasteiger partial charge in [0.1, 0.15) is 6.54 Å². The number of benzene rings is 1. The maximum atomic E-state index is 12.9. The van der Waals surface area contributed by atoms with Crippen molar-refractivity contribution in [1.29, 1.82) is 0 Å². The molecule has 0 saturated heterocycles. The zero-order chi connectivity index (χ0) is 17.2. The SMILES string of the molecule is O=C(Cn1nnc2sc3c(c2c1=O)CCCCCC3)c1ccccc1. The third-order valence-corrected chi connectivity index (χ3v) is 5.91. The molecule has 0 atom stereocenters. The molecule has 0 fully saturated rings. The summed E-state index contributed by atoms with van der Waals surface area (Å²) in [6.45, 7) is -0.0730. The maximum Gasteiger partial charge on any atom is 0.279 e. The van der Waals surface area contributed by atoms with Crippen LogP contribution < -0.4 is 5.56 Å². The van der Waals surface area contributed by atoms with Crippen LogP contribution in [0.4, 0.5) is 0 Å². The normalized spacial score (nSPS) is 14.7. The van der Waals surface area contributed by atoms with Crippen molar-refractivity contribution in [2.75, 3.05) is 0 Å². The first-order valence-electron chi connectivity index (χ1n) is 8.70. The first kappa shape index (κ1) is 16.1. The molecule has 0 bridgehead atoms. The Morgan fingerprint density at radius 1 is 1.08 bits per heavy atom. The largest absolute Gasteiger partial charge is 0.292 e. The number of rotatable bonds is 3. The predicted octanol–water partition coefficient (Wildman–Crippen LogP) is 3.39. The van der Waals surface area contributed by atoms with Gasteiger partial charge in [-0.15, -0.1) is 16.4 Å². The Kier molecular flexibility index (Phi) is 4.44. The van der Waals surface area contributed by atoms with Crippen molar-refractivity contribution in [3.05, 3.63) is 56.7 Å². The molecule has 2 aromatic heterocycles. The number of Topliss-reactive ketones (excluding diaryl/α,β-unsaturated/α-hetero) is 1. The van der Waals surface area contributed by atoms with Crippen molar-refractivity contribution in [3.63, 3.8) is 0 Å². The number of nitrogens with zero attached hydrogens (tertiary/aromatic N) is 3. The second-order valence-corrected chi connectivity index (χ2v) is 7.52. The van der Waals surface area contributed by atoms with E-state index in [1.807, 2.05) is 18.2 Å². The fraction of sp³-hybridized carbons (Fsp3) is 0.368. The lowest BCUT2D eigenvalue weighted by molar-refractivity contribution is 0.0964. The summed E-state index contributed by atoms with van der Waals surface area (Å²) >= 11 is 1.59. The summed E-state index contributed by atoms with van der Waals surface area (Å²) in [6.07, 6.45) is 6.64. The van der Waals surface area contributed by atoms with E-state index in [-0.39, 0.29) is 17.9 Å². The Morgan fingerprint density at radius 2 is 1.84 bits per heavy atom. The van der Waals surface area contributed by atoms with Gasteiger partial charge in [-0.1, -0.05) is 48.4 Å². The number of carbonyl (C=O) groups is 1. The molecule has 0 aliphatic heterocycles. The number of fused-ring (bicyclic) bond motifs is 3. The number of aryl methyl sites for hydroxylation is 2. The number of ketones is 1. The molecule has 6 heteroatoms. The molecular weight excluding hydrogens is 334 g/mol. The molecule has 2 heterocycles. The molecule has 0 saturated carbocycles. The molecule has 0 N–H and O–H groups in total. The van der Waals surface area contributed by atoms with E-state index in [4.69, 9.17) is 0 Å². The number of aromatic nitrogens is 3. The quantitative estimate of drug-likeness (QED) is 0.677. The third kappa shape index (κ3) is 3.14. The molecule has 0 amide bonds. The van der Waals surface area contributed by atoms with Gasteiger partial charge in [-0.05, 0) is 31.2 Å². The van der Waals surface area contributed by atoms with Crippen LogP contribution in [0.15, 0.2) is 35.1 Å². The Labute approximate surface area is 149 Å². The van der Waals surface area contributed by atoms with E-state index >= 15 is 0 Å². The van der Waals surface area contributed by atoms with Gasteiger partial charge in [-0.3, -0.25) is 9.59 Å². The van der Waals surface area contributed by atoms with E-state index in [0.717, 1.165) is 31.2 Å². The predicted molar refractivity (Wildman–Crippen MR) is 98.3 cm³/mol. The standard InChI is InChI=1S/C19H19N3O2S/c23-15(13-8-4-3-5-9-13)12-22-19(24)17-14-10-6-1-2-7-11-16(14)25-18(17)20-21-22/h3-5,8-9H,1-2,6-7,10-12H2. The summed E-state index contributed by atoms with van der Waals surface area (Å²) < 4.78 is 1.21. The van der Waals surface area contributed by atoms with Crippen molar-refractivity contribution in [2.45, 2.75) is 45.1 Å². The van der Waals surface area contributed by atoms with Crippen molar-refractivity contribution in [3.8, 4) is 0 Å². The van der Waals surface area contributed by atoms with Gasteiger partial charge in [0.2, 0.25) is 0 Å². The van der Waals surface area contributed by atoms with E-state index in [2.05, 4.69) is 10.3 Å². The maximum absolute atomic E-state index is 12.9. The monoisotopic (exact) mass is 353 g/mol. The Bertz CT molecular complexity index is 975. The molecule has 1 aliphatic rings. The van der Waals surface area contributed by atoms with Crippen LogP contribution in [0, 0.1) is 0 Å².